The summed E-state index contributed by atoms with van der Waals surface area (Å²) in [5, 5.41) is 13.1. The van der Waals surface area contributed by atoms with E-state index in [1.165, 1.54) is 0 Å². The first kappa shape index (κ1) is 29.7. The Morgan fingerprint density at radius 3 is 2.34 bits per heavy atom. The van der Waals surface area contributed by atoms with E-state index >= 15 is 0 Å². The van der Waals surface area contributed by atoms with Crippen molar-refractivity contribution in [3.05, 3.63) is 74.6 Å². The van der Waals surface area contributed by atoms with Crippen LogP contribution in [0.2, 0.25) is 0 Å². The molecule has 1 unspecified atom stereocenters. The van der Waals surface area contributed by atoms with E-state index in [0.29, 0.717) is 0 Å². The second-order valence-electron chi connectivity index (χ2n) is 8.60. The Kier molecular flexibility index (Phi) is 11.6. The van der Waals surface area contributed by atoms with Crippen LogP contribution in [-0.4, -0.2) is 55.3 Å². The van der Waals surface area contributed by atoms with Crippen molar-refractivity contribution in [2.24, 2.45) is 7.05 Å². The Bertz CT molecular complexity index is 1220. The minimum Gasteiger partial charge on any atom is -0.668 e. The number of nitrogens with zero attached hydrogens (tertiary/aromatic N) is 4. The molecule has 9 heteroatoms. The van der Waals surface area contributed by atoms with Crippen molar-refractivity contribution in [1.82, 2.24) is 4.57 Å². The monoisotopic (exact) mass is 570 g/mol. The number of rotatable bonds is 5. The number of hydrogen-bond donors (Lipinski definition) is 1. The van der Waals surface area contributed by atoms with Gasteiger partial charge in [0.2, 0.25) is 0 Å². The van der Waals surface area contributed by atoms with Gasteiger partial charge in [-0.2, -0.15) is 14.1 Å². The molecule has 2 heterocycles. The summed E-state index contributed by atoms with van der Waals surface area (Å²) in [7, 11) is 4.26. The number of fused-ring (bicyclic) bond motifs is 1. The van der Waals surface area contributed by atoms with Crippen molar-refractivity contribution in [2.75, 3.05) is 56.7 Å². The molecule has 1 aliphatic rings. The molecule has 1 aliphatic heterocycles. The van der Waals surface area contributed by atoms with Gasteiger partial charge in [-0.15, -0.1) is 13.1 Å². The fourth-order valence-corrected chi connectivity index (χ4v) is 5.03. The van der Waals surface area contributed by atoms with Crippen molar-refractivity contribution >= 4 is 33.1 Å². The average Bonchev–Trinajstić information content (AvgIpc) is 2.82. The van der Waals surface area contributed by atoms with Gasteiger partial charge in [0.25, 0.3) is 5.56 Å². The molecule has 4 rings (SSSR count). The third kappa shape index (κ3) is 7.01. The molecule has 0 bridgehead atoms. The van der Waals surface area contributed by atoms with E-state index < -0.39 is 10.8 Å². The number of anilines is 2. The van der Waals surface area contributed by atoms with Crippen LogP contribution >= 0.6 is 0 Å². The molecule has 0 aliphatic carbocycles. The fourth-order valence-electron chi connectivity index (χ4n) is 4.32. The second kappa shape index (κ2) is 13.7. The molecule has 0 amide bonds. The molecule has 1 fully saturated rings. The first-order valence-electron chi connectivity index (χ1n) is 11.5. The van der Waals surface area contributed by atoms with Crippen LogP contribution in [0.5, 0.6) is 0 Å². The number of para-hydroxylation sites is 1. The van der Waals surface area contributed by atoms with E-state index in [1.807, 2.05) is 44.3 Å². The Morgan fingerprint density at radius 2 is 1.71 bits per heavy atom. The van der Waals surface area contributed by atoms with E-state index in [4.69, 9.17) is 0 Å². The molecule has 1 N–H and O–H groups in total. The van der Waals surface area contributed by atoms with Crippen LogP contribution in [0.15, 0.2) is 52.2 Å². The number of aromatic nitrogens is 1. The van der Waals surface area contributed by atoms with Gasteiger partial charge in [-0.05, 0) is 54.6 Å². The van der Waals surface area contributed by atoms with E-state index in [0.717, 1.165) is 64.5 Å². The number of nitrogens with one attached hydrogen (secondary N) is 1. The quantitative estimate of drug-likeness (QED) is 0.488. The number of hydrogen-bond acceptors (Lipinski definition) is 4. The first-order chi connectivity index (χ1) is 16.3. The average molecular weight is 571 g/mol. The summed E-state index contributed by atoms with van der Waals surface area (Å²) >= 11 is 0. The molecule has 187 valence electrons. The zero-order chi connectivity index (χ0) is 24.8. The first-order valence-corrected chi connectivity index (χ1v) is 13.0. The normalized spacial score (nSPS) is 15.0. The number of benzene rings is 2. The molecule has 2 atom stereocenters. The summed E-state index contributed by atoms with van der Waals surface area (Å²) in [4.78, 5) is 16.3. The summed E-state index contributed by atoms with van der Waals surface area (Å²) in [6.45, 7) is 7.32. The largest absolute Gasteiger partial charge is 0.668 e. The summed E-state index contributed by atoms with van der Waals surface area (Å²) in [6.07, 6.45) is 1.69. The molecule has 7 nitrogen and oxygen atoms in total. The van der Waals surface area contributed by atoms with Crippen molar-refractivity contribution in [3.8, 4) is 0 Å². The summed E-state index contributed by atoms with van der Waals surface area (Å²) in [5.41, 5.74) is 2.98. The maximum atomic E-state index is 13.3. The summed E-state index contributed by atoms with van der Waals surface area (Å²) in [5.74, 6) is 0.930. The van der Waals surface area contributed by atoms with Gasteiger partial charge in [-0.3, -0.25) is 13.6 Å². The predicted octanol–water partition coefficient (Wildman–Crippen LogP) is 4.57. The molecule has 1 aromatic heterocycles. The van der Waals surface area contributed by atoms with Crippen molar-refractivity contribution in [1.29, 1.82) is 0 Å². The molecule has 0 spiro atoms. The van der Waals surface area contributed by atoms with Gasteiger partial charge >= 0.3 is 0 Å². The Hall–Kier alpha value is -1.58. The number of aryl methyl sites for hydroxylation is 1. The fraction of sp³-hybridized carbons (Fsp3) is 0.423. The van der Waals surface area contributed by atoms with Gasteiger partial charge in [-0.25, -0.2) is 0 Å². The van der Waals surface area contributed by atoms with Gasteiger partial charge in [0.05, 0.1) is 21.4 Å². The molecule has 1 radical (unpaired) electrons. The van der Waals surface area contributed by atoms with E-state index in [1.54, 1.807) is 24.9 Å². The minimum atomic E-state index is -1.09. The molecule has 35 heavy (non-hydrogen) atoms. The molecule has 3 aromatic rings. The standard InChI is InChI=1S/C24H29N4O2S.C2H6N.Y/c1-16-13-18(17(2)26-21-7-5-6-8-22(21)31(4)30)19-15-23(28-11-9-25-10-12-28)27(3)24(29)20(19)14-16;1-3-2;/h5-8,13-15,17,26H,9-12H2,1-4H3;1-2H3;/q2*-1;/t17-,31?;;/m1../s1. The Labute approximate surface area is 236 Å². The molecular weight excluding hydrogens is 535 g/mol. The SMILES string of the molecule is C[N-]C.Cc1cc([C@@H](C)Nc2ccccc2S(C)=O)c2cc(N3CC[N-]CC3)n(C)c(=O)c2c1.[Y]. The third-order valence-electron chi connectivity index (χ3n) is 5.92. The van der Waals surface area contributed by atoms with Crippen LogP contribution in [0.25, 0.3) is 21.4 Å². The summed E-state index contributed by atoms with van der Waals surface area (Å²) in [6, 6.07) is 13.9. The van der Waals surface area contributed by atoms with Crippen molar-refractivity contribution < 1.29 is 36.9 Å². The number of pyridine rings is 1. The maximum Gasteiger partial charge on any atom is 0.259 e. The van der Waals surface area contributed by atoms with E-state index in [-0.39, 0.29) is 44.3 Å². The third-order valence-corrected chi connectivity index (χ3v) is 6.90. The van der Waals surface area contributed by atoms with Crippen molar-refractivity contribution in [2.45, 2.75) is 24.8 Å². The Balaban J connectivity index is 0.00000103. The summed E-state index contributed by atoms with van der Waals surface area (Å²) < 4.78 is 13.9. The molecule has 0 saturated carbocycles. The van der Waals surface area contributed by atoms with Crippen LogP contribution in [0, 0.1) is 6.92 Å². The second-order valence-corrected chi connectivity index (χ2v) is 9.95. The Morgan fingerprint density at radius 1 is 1.09 bits per heavy atom. The predicted molar refractivity (Wildman–Crippen MR) is 145 cm³/mol. The molecule has 1 saturated heterocycles. The van der Waals surface area contributed by atoms with Gasteiger partial charge in [0.1, 0.15) is 5.82 Å². The van der Waals surface area contributed by atoms with Crippen molar-refractivity contribution in [3.63, 3.8) is 0 Å². The van der Waals surface area contributed by atoms with Gasteiger partial charge < -0.3 is 20.9 Å². The van der Waals surface area contributed by atoms with Gasteiger partial charge in [-0.1, -0.05) is 18.2 Å². The van der Waals surface area contributed by atoms with Crippen LogP contribution in [0.4, 0.5) is 11.5 Å². The van der Waals surface area contributed by atoms with Crippen LogP contribution < -0.4 is 15.8 Å². The zero-order valence-electron chi connectivity index (χ0n) is 21.5. The number of piperazine rings is 1. The maximum absolute atomic E-state index is 13.3. The minimum absolute atomic E-state index is 0. The van der Waals surface area contributed by atoms with Crippen LogP contribution in [0.1, 0.15) is 24.1 Å². The molecular formula is C26H35N5O2SY-2. The zero-order valence-corrected chi connectivity index (χ0v) is 25.2. The molecule has 2 aromatic carbocycles. The smallest absolute Gasteiger partial charge is 0.259 e. The van der Waals surface area contributed by atoms with E-state index in [9.17, 15) is 9.00 Å². The van der Waals surface area contributed by atoms with Gasteiger partial charge in [0, 0.05) is 70.5 Å². The van der Waals surface area contributed by atoms with E-state index in [2.05, 4.69) is 39.9 Å². The van der Waals surface area contributed by atoms with Crippen LogP contribution in [0.3, 0.4) is 0 Å². The topological polar surface area (TPSA) is 82.5 Å². The van der Waals surface area contributed by atoms with Gasteiger partial charge in [0.15, 0.2) is 0 Å². The van der Waals surface area contributed by atoms with Crippen LogP contribution in [-0.2, 0) is 50.6 Å².